The quantitative estimate of drug-likeness (QED) is 0.459. The van der Waals surface area contributed by atoms with Gasteiger partial charge in [-0.15, -0.1) is 29.3 Å². The van der Waals surface area contributed by atoms with Crippen LogP contribution in [0.5, 0.6) is 0 Å². The Morgan fingerprint density at radius 3 is 2.92 bits per heavy atom. The lowest BCUT2D eigenvalue weighted by molar-refractivity contribution is 0.0462. The van der Waals surface area contributed by atoms with E-state index in [4.69, 9.17) is 16.3 Å². The van der Waals surface area contributed by atoms with Crippen LogP contribution in [-0.4, -0.2) is 22.5 Å². The predicted molar refractivity (Wildman–Crippen MR) is 102 cm³/mol. The van der Waals surface area contributed by atoms with Gasteiger partial charge in [0.2, 0.25) is 0 Å². The van der Waals surface area contributed by atoms with Gasteiger partial charge in [-0.25, -0.2) is 14.8 Å². The molecule has 0 bridgehead atoms. The van der Waals surface area contributed by atoms with Crippen molar-refractivity contribution in [3.8, 4) is 10.6 Å². The molecule has 2 heterocycles. The molecule has 8 heteroatoms. The van der Waals surface area contributed by atoms with E-state index < -0.39 is 5.97 Å². The number of carbonyl (C=O) groups excluding carboxylic acids is 1. The summed E-state index contributed by atoms with van der Waals surface area (Å²) < 4.78 is 5.28. The first-order valence-electron chi connectivity index (χ1n) is 7.34. The number of esters is 1. The first kappa shape index (κ1) is 17.6. The van der Waals surface area contributed by atoms with E-state index in [9.17, 15) is 4.79 Å². The fourth-order valence-corrected chi connectivity index (χ4v) is 3.77. The number of ether oxygens (including phenoxy) is 1. The van der Waals surface area contributed by atoms with Gasteiger partial charge in [-0.3, -0.25) is 0 Å². The monoisotopic (exact) mass is 391 g/mol. The number of nitrogens with one attached hydrogen (secondary N) is 1. The van der Waals surface area contributed by atoms with Gasteiger partial charge < -0.3 is 10.1 Å². The Bertz CT molecular complexity index is 891. The molecule has 3 aromatic rings. The fraction of sp³-hybridized carbons (Fsp3) is 0.118. The zero-order valence-electron chi connectivity index (χ0n) is 13.1. The van der Waals surface area contributed by atoms with Crippen LogP contribution in [-0.2, 0) is 11.3 Å². The molecule has 0 atom stereocenters. The minimum atomic E-state index is -0.477. The van der Waals surface area contributed by atoms with Crippen molar-refractivity contribution >= 4 is 45.4 Å². The molecule has 1 N–H and O–H groups in total. The zero-order chi connectivity index (χ0) is 17.6. The van der Waals surface area contributed by atoms with Gasteiger partial charge in [0.15, 0.2) is 10.8 Å². The van der Waals surface area contributed by atoms with E-state index in [1.807, 2.05) is 29.6 Å². The summed E-state index contributed by atoms with van der Waals surface area (Å²) in [7, 11) is 0. The molecule has 0 aliphatic carbocycles. The van der Waals surface area contributed by atoms with Crippen molar-refractivity contribution in [2.75, 3.05) is 11.9 Å². The summed E-state index contributed by atoms with van der Waals surface area (Å²) in [4.78, 5) is 20.7. The number of rotatable bonds is 7. The van der Waals surface area contributed by atoms with E-state index in [1.165, 1.54) is 22.7 Å². The number of hydrogen-bond acceptors (Lipinski definition) is 7. The highest BCUT2D eigenvalue weighted by Gasteiger charge is 2.14. The molecule has 5 nitrogen and oxygen atoms in total. The van der Waals surface area contributed by atoms with E-state index in [1.54, 1.807) is 11.5 Å². The molecular formula is C17H14ClN3O2S2. The molecule has 0 amide bonds. The van der Waals surface area contributed by atoms with E-state index >= 15 is 0 Å². The molecule has 0 spiro atoms. The maximum absolute atomic E-state index is 12.1. The summed E-state index contributed by atoms with van der Waals surface area (Å²) in [6.07, 6.45) is 1.72. The third-order valence-electron chi connectivity index (χ3n) is 3.12. The SMILES string of the molecule is C=CCNc1nc(C(=O)OCc2csc(-c3ccccc3Cl)n2)cs1. The highest BCUT2D eigenvalue weighted by molar-refractivity contribution is 7.14. The largest absolute Gasteiger partial charge is 0.454 e. The highest BCUT2D eigenvalue weighted by atomic mass is 35.5. The molecule has 25 heavy (non-hydrogen) atoms. The molecule has 1 aromatic carbocycles. The number of halogens is 1. The number of nitrogens with zero attached hydrogens (tertiary/aromatic N) is 2. The third-order valence-corrected chi connectivity index (χ3v) is 5.17. The molecule has 128 valence electrons. The normalized spacial score (nSPS) is 10.4. The van der Waals surface area contributed by atoms with Crippen LogP contribution in [0.4, 0.5) is 5.13 Å². The van der Waals surface area contributed by atoms with Gasteiger partial charge in [0.1, 0.15) is 11.6 Å². The average Bonchev–Trinajstić information content (AvgIpc) is 3.28. The van der Waals surface area contributed by atoms with Crippen molar-refractivity contribution in [2.45, 2.75) is 6.61 Å². The Hall–Kier alpha value is -2.22. The third kappa shape index (κ3) is 4.45. The number of hydrogen-bond donors (Lipinski definition) is 1. The van der Waals surface area contributed by atoms with Gasteiger partial charge in [-0.05, 0) is 6.07 Å². The van der Waals surface area contributed by atoms with Crippen LogP contribution in [0, 0.1) is 0 Å². The Morgan fingerprint density at radius 1 is 1.28 bits per heavy atom. The second-order valence-corrected chi connectivity index (χ2v) is 7.03. The molecule has 3 rings (SSSR count). The maximum Gasteiger partial charge on any atom is 0.358 e. The highest BCUT2D eigenvalue weighted by Crippen LogP contribution is 2.30. The lowest BCUT2D eigenvalue weighted by atomic mass is 10.2. The second-order valence-electron chi connectivity index (χ2n) is 4.91. The van der Waals surface area contributed by atoms with Crippen LogP contribution in [0.25, 0.3) is 10.6 Å². The Kier molecular flexibility index (Phi) is 5.80. The number of aromatic nitrogens is 2. The zero-order valence-corrected chi connectivity index (χ0v) is 15.5. The smallest absolute Gasteiger partial charge is 0.358 e. The lowest BCUT2D eigenvalue weighted by Gasteiger charge is -2.01. The number of carbonyl (C=O) groups is 1. The van der Waals surface area contributed by atoms with Crippen LogP contribution in [0.3, 0.4) is 0 Å². The minimum Gasteiger partial charge on any atom is -0.454 e. The molecule has 0 saturated carbocycles. The first-order valence-corrected chi connectivity index (χ1v) is 9.48. The topological polar surface area (TPSA) is 64.1 Å². The number of anilines is 1. The number of benzene rings is 1. The van der Waals surface area contributed by atoms with E-state index in [0.717, 1.165) is 10.6 Å². The standard InChI is InChI=1S/C17H14ClN3O2S2/c1-2-7-19-17-21-14(10-25-17)16(22)23-8-11-9-24-15(20-11)12-5-3-4-6-13(12)18/h2-6,9-10H,1,7-8H2,(H,19,21). The summed E-state index contributed by atoms with van der Waals surface area (Å²) in [5.41, 5.74) is 1.82. The summed E-state index contributed by atoms with van der Waals surface area (Å²) >= 11 is 8.98. The first-order chi connectivity index (χ1) is 12.2. The van der Waals surface area contributed by atoms with Crippen LogP contribution in [0.1, 0.15) is 16.2 Å². The number of thiazole rings is 2. The van der Waals surface area contributed by atoms with Gasteiger partial charge in [-0.2, -0.15) is 0 Å². The molecule has 0 fully saturated rings. The van der Waals surface area contributed by atoms with Crippen LogP contribution < -0.4 is 5.32 Å². The molecule has 0 unspecified atom stereocenters. The summed E-state index contributed by atoms with van der Waals surface area (Å²) in [5, 5.41) is 8.62. The van der Waals surface area contributed by atoms with Gasteiger partial charge in [0, 0.05) is 22.9 Å². The summed E-state index contributed by atoms with van der Waals surface area (Å²) in [6.45, 7) is 4.30. The average molecular weight is 392 g/mol. The summed E-state index contributed by atoms with van der Waals surface area (Å²) in [6, 6.07) is 7.50. The van der Waals surface area contributed by atoms with Crippen LogP contribution in [0.2, 0.25) is 5.02 Å². The second kappa shape index (κ2) is 8.24. The fourth-order valence-electron chi connectivity index (χ4n) is 1.95. The Balaban J connectivity index is 1.60. The Morgan fingerprint density at radius 2 is 2.12 bits per heavy atom. The van der Waals surface area contributed by atoms with Crippen LogP contribution >= 0.6 is 34.3 Å². The van der Waals surface area contributed by atoms with Crippen molar-refractivity contribution in [3.63, 3.8) is 0 Å². The van der Waals surface area contributed by atoms with Gasteiger partial charge in [0.25, 0.3) is 0 Å². The van der Waals surface area contributed by atoms with Crippen LogP contribution in [0.15, 0.2) is 47.7 Å². The van der Waals surface area contributed by atoms with Crippen molar-refractivity contribution in [1.82, 2.24) is 9.97 Å². The Labute approximate surface area is 158 Å². The molecular weight excluding hydrogens is 378 g/mol. The van der Waals surface area contributed by atoms with Gasteiger partial charge in [-0.1, -0.05) is 35.9 Å². The lowest BCUT2D eigenvalue weighted by Crippen LogP contribution is -2.06. The van der Waals surface area contributed by atoms with E-state index in [2.05, 4.69) is 21.9 Å². The van der Waals surface area contributed by atoms with E-state index in [-0.39, 0.29) is 12.3 Å². The predicted octanol–water partition coefficient (Wildman–Crippen LogP) is 4.87. The van der Waals surface area contributed by atoms with Crippen molar-refractivity contribution < 1.29 is 9.53 Å². The van der Waals surface area contributed by atoms with Gasteiger partial charge in [0.05, 0.1) is 10.7 Å². The van der Waals surface area contributed by atoms with Gasteiger partial charge >= 0.3 is 5.97 Å². The molecule has 2 aromatic heterocycles. The van der Waals surface area contributed by atoms with Crippen molar-refractivity contribution in [2.24, 2.45) is 0 Å². The van der Waals surface area contributed by atoms with Crippen molar-refractivity contribution in [1.29, 1.82) is 0 Å². The maximum atomic E-state index is 12.1. The summed E-state index contributed by atoms with van der Waals surface area (Å²) in [5.74, 6) is -0.477. The molecule has 0 saturated heterocycles. The van der Waals surface area contributed by atoms with Crippen molar-refractivity contribution in [3.05, 3.63) is 64.1 Å². The molecule has 0 radical (unpaired) electrons. The molecule has 0 aliphatic heterocycles. The van der Waals surface area contributed by atoms with E-state index in [0.29, 0.717) is 22.4 Å². The molecule has 0 aliphatic rings. The minimum absolute atomic E-state index is 0.0900.